The lowest BCUT2D eigenvalue weighted by Gasteiger charge is -2.14. The highest BCUT2D eigenvalue weighted by Gasteiger charge is 2.21. The van der Waals surface area contributed by atoms with Gasteiger partial charge in [-0.05, 0) is 29.8 Å². The second kappa shape index (κ2) is 7.30. The zero-order chi connectivity index (χ0) is 18.7. The smallest absolute Gasteiger partial charge is 0.241 e. The standard InChI is InChI=1S/C17H19NO7S/c1-21-15-6-11(7-16(22-2)17(15)23-3)9-18-26(19,20)12-4-5-13-14(8-12)25-10-24-13/h4-8,18H,9-10H2,1-3H3. The van der Waals surface area contributed by atoms with Gasteiger partial charge in [0.2, 0.25) is 22.6 Å². The maximum Gasteiger partial charge on any atom is 0.241 e. The van der Waals surface area contributed by atoms with Crippen molar-refractivity contribution in [1.29, 1.82) is 0 Å². The first kappa shape index (κ1) is 18.2. The topological polar surface area (TPSA) is 92.3 Å². The highest BCUT2D eigenvalue weighted by Crippen LogP contribution is 2.38. The number of hydrogen-bond donors (Lipinski definition) is 1. The molecule has 2 aromatic rings. The summed E-state index contributed by atoms with van der Waals surface area (Å²) in [5.74, 6) is 2.26. The van der Waals surface area contributed by atoms with Gasteiger partial charge in [-0.15, -0.1) is 0 Å². The lowest BCUT2D eigenvalue weighted by atomic mass is 10.2. The summed E-state index contributed by atoms with van der Waals surface area (Å²) in [6.07, 6.45) is 0. The molecule has 0 amide bonds. The minimum Gasteiger partial charge on any atom is -0.493 e. The number of rotatable bonds is 7. The Labute approximate surface area is 151 Å². The molecule has 26 heavy (non-hydrogen) atoms. The lowest BCUT2D eigenvalue weighted by Crippen LogP contribution is -2.23. The summed E-state index contributed by atoms with van der Waals surface area (Å²) in [4.78, 5) is 0.0918. The Hall–Kier alpha value is -2.65. The number of methoxy groups -OCH3 is 3. The van der Waals surface area contributed by atoms with Crippen molar-refractivity contribution >= 4 is 10.0 Å². The number of ether oxygens (including phenoxy) is 5. The first-order valence-electron chi connectivity index (χ1n) is 7.66. The molecule has 0 unspecified atom stereocenters. The first-order chi connectivity index (χ1) is 12.5. The van der Waals surface area contributed by atoms with Gasteiger partial charge in [0.05, 0.1) is 26.2 Å². The number of benzene rings is 2. The fourth-order valence-corrected chi connectivity index (χ4v) is 3.58. The van der Waals surface area contributed by atoms with E-state index in [0.717, 1.165) is 0 Å². The van der Waals surface area contributed by atoms with Crippen molar-refractivity contribution < 1.29 is 32.1 Å². The van der Waals surface area contributed by atoms with E-state index in [2.05, 4.69) is 4.72 Å². The zero-order valence-electron chi connectivity index (χ0n) is 14.6. The normalized spacial score (nSPS) is 12.7. The molecule has 0 aromatic heterocycles. The van der Waals surface area contributed by atoms with Gasteiger partial charge in [-0.3, -0.25) is 0 Å². The molecule has 3 rings (SSSR count). The van der Waals surface area contributed by atoms with E-state index in [-0.39, 0.29) is 18.2 Å². The van der Waals surface area contributed by atoms with Gasteiger partial charge in [0.1, 0.15) is 0 Å². The Balaban J connectivity index is 1.81. The molecule has 0 fully saturated rings. The van der Waals surface area contributed by atoms with Crippen molar-refractivity contribution in [1.82, 2.24) is 4.72 Å². The fourth-order valence-electron chi connectivity index (χ4n) is 2.54. The summed E-state index contributed by atoms with van der Waals surface area (Å²) >= 11 is 0. The first-order valence-corrected chi connectivity index (χ1v) is 9.15. The SMILES string of the molecule is COc1cc(CNS(=O)(=O)c2ccc3c(c2)OCO3)cc(OC)c1OC. The number of sulfonamides is 1. The summed E-state index contributed by atoms with van der Waals surface area (Å²) in [5.41, 5.74) is 0.656. The summed E-state index contributed by atoms with van der Waals surface area (Å²) < 4.78 is 53.8. The quantitative estimate of drug-likeness (QED) is 0.783. The van der Waals surface area contributed by atoms with Crippen molar-refractivity contribution in [2.45, 2.75) is 11.4 Å². The molecule has 1 heterocycles. The third-order valence-corrected chi connectivity index (χ3v) is 5.24. The van der Waals surface area contributed by atoms with E-state index >= 15 is 0 Å². The average Bonchev–Trinajstić information content (AvgIpc) is 3.13. The van der Waals surface area contributed by atoms with E-state index in [1.54, 1.807) is 18.2 Å². The van der Waals surface area contributed by atoms with Gasteiger partial charge in [0.25, 0.3) is 0 Å². The summed E-state index contributed by atoms with van der Waals surface area (Å²) in [6, 6.07) is 7.83. The molecule has 140 valence electrons. The molecule has 0 atom stereocenters. The largest absolute Gasteiger partial charge is 0.493 e. The van der Waals surface area contributed by atoms with Gasteiger partial charge < -0.3 is 23.7 Å². The summed E-state index contributed by atoms with van der Waals surface area (Å²) in [5, 5.41) is 0. The van der Waals surface area contributed by atoms with E-state index in [1.165, 1.54) is 33.5 Å². The molecule has 0 saturated heterocycles. The van der Waals surface area contributed by atoms with Crippen molar-refractivity contribution in [3.63, 3.8) is 0 Å². The van der Waals surface area contributed by atoms with Crippen molar-refractivity contribution in [3.05, 3.63) is 35.9 Å². The molecule has 1 aliphatic rings. The second-order valence-electron chi connectivity index (χ2n) is 5.37. The van der Waals surface area contributed by atoms with E-state index in [9.17, 15) is 8.42 Å². The number of fused-ring (bicyclic) bond motifs is 1. The summed E-state index contributed by atoms with van der Waals surface area (Å²) in [6.45, 7) is 0.130. The Morgan fingerprint density at radius 2 is 1.62 bits per heavy atom. The van der Waals surface area contributed by atoms with E-state index < -0.39 is 10.0 Å². The second-order valence-corrected chi connectivity index (χ2v) is 7.14. The monoisotopic (exact) mass is 381 g/mol. The van der Waals surface area contributed by atoms with E-state index in [4.69, 9.17) is 23.7 Å². The van der Waals surface area contributed by atoms with Crippen LogP contribution in [-0.4, -0.2) is 36.5 Å². The molecule has 0 radical (unpaired) electrons. The van der Waals surface area contributed by atoms with Gasteiger partial charge in [-0.1, -0.05) is 0 Å². The number of hydrogen-bond acceptors (Lipinski definition) is 7. The zero-order valence-corrected chi connectivity index (χ0v) is 15.4. The molecule has 8 nitrogen and oxygen atoms in total. The molecule has 0 saturated carbocycles. The van der Waals surface area contributed by atoms with Crippen molar-refractivity contribution in [2.24, 2.45) is 0 Å². The van der Waals surface area contributed by atoms with Crippen LogP contribution in [0.25, 0.3) is 0 Å². The van der Waals surface area contributed by atoms with Crippen molar-refractivity contribution in [2.75, 3.05) is 28.1 Å². The minimum absolute atomic E-state index is 0.0491. The van der Waals surface area contributed by atoms with Crippen LogP contribution in [0, 0.1) is 0 Å². The fraction of sp³-hybridized carbons (Fsp3) is 0.294. The molecular weight excluding hydrogens is 362 g/mol. The van der Waals surface area contributed by atoms with Gasteiger partial charge in [-0.25, -0.2) is 13.1 Å². The van der Waals surface area contributed by atoms with Gasteiger partial charge in [-0.2, -0.15) is 0 Å². The molecular formula is C17H19NO7S. The average molecular weight is 381 g/mol. The Kier molecular flexibility index (Phi) is 5.10. The van der Waals surface area contributed by atoms with E-state index in [1.807, 2.05) is 0 Å². The van der Waals surface area contributed by atoms with Crippen LogP contribution in [-0.2, 0) is 16.6 Å². The molecule has 0 bridgehead atoms. The molecule has 2 aromatic carbocycles. The highest BCUT2D eigenvalue weighted by atomic mass is 32.2. The predicted octanol–water partition coefficient (Wildman–Crippen LogP) is 1.92. The van der Waals surface area contributed by atoms with Crippen LogP contribution in [0.15, 0.2) is 35.2 Å². The van der Waals surface area contributed by atoms with Gasteiger partial charge in [0.15, 0.2) is 23.0 Å². The molecule has 9 heteroatoms. The predicted molar refractivity (Wildman–Crippen MR) is 92.7 cm³/mol. The minimum atomic E-state index is -3.73. The molecule has 0 aliphatic carbocycles. The Morgan fingerprint density at radius 3 is 2.23 bits per heavy atom. The van der Waals surface area contributed by atoms with Crippen LogP contribution in [0.5, 0.6) is 28.7 Å². The third kappa shape index (κ3) is 3.49. The maximum absolute atomic E-state index is 12.5. The molecule has 1 aliphatic heterocycles. The highest BCUT2D eigenvalue weighted by molar-refractivity contribution is 7.89. The molecule has 0 spiro atoms. The summed E-state index contributed by atoms with van der Waals surface area (Å²) in [7, 11) is 0.765. The maximum atomic E-state index is 12.5. The third-order valence-electron chi connectivity index (χ3n) is 3.85. The van der Waals surface area contributed by atoms with Crippen molar-refractivity contribution in [3.8, 4) is 28.7 Å². The van der Waals surface area contributed by atoms with Gasteiger partial charge in [0, 0.05) is 12.6 Å². The van der Waals surface area contributed by atoms with Gasteiger partial charge >= 0.3 is 0 Å². The van der Waals surface area contributed by atoms with Crippen LogP contribution in [0.2, 0.25) is 0 Å². The van der Waals surface area contributed by atoms with Crippen LogP contribution >= 0.6 is 0 Å². The van der Waals surface area contributed by atoms with Crippen LogP contribution in [0.4, 0.5) is 0 Å². The van der Waals surface area contributed by atoms with Crippen LogP contribution in [0.3, 0.4) is 0 Å². The lowest BCUT2D eigenvalue weighted by molar-refractivity contribution is 0.174. The Bertz CT molecular complexity index is 886. The molecule has 1 N–H and O–H groups in total. The van der Waals surface area contributed by atoms with Crippen LogP contribution in [0.1, 0.15) is 5.56 Å². The van der Waals surface area contributed by atoms with Crippen LogP contribution < -0.4 is 28.4 Å². The van der Waals surface area contributed by atoms with E-state index in [0.29, 0.717) is 34.3 Å². The number of nitrogens with one attached hydrogen (secondary N) is 1. The Morgan fingerprint density at radius 1 is 0.962 bits per heavy atom.